The second-order valence-electron chi connectivity index (χ2n) is 8.11. The maximum Gasteiger partial charge on any atom is 0.421 e. The number of nitrogens with one attached hydrogen (secondary N) is 1. The van der Waals surface area contributed by atoms with Crippen LogP contribution in [0.3, 0.4) is 0 Å². The summed E-state index contributed by atoms with van der Waals surface area (Å²) in [5, 5.41) is 12.6. The van der Waals surface area contributed by atoms with Crippen LogP contribution in [0.4, 0.5) is 13.2 Å². The Balaban J connectivity index is 1.66. The number of halogens is 3. The van der Waals surface area contributed by atoms with Gasteiger partial charge in [0, 0.05) is 31.6 Å². The lowest BCUT2D eigenvalue weighted by Gasteiger charge is -2.39. The van der Waals surface area contributed by atoms with E-state index in [1.165, 1.54) is 4.31 Å². The van der Waals surface area contributed by atoms with E-state index in [-0.39, 0.29) is 29.3 Å². The normalized spacial score (nSPS) is 23.7. The SMILES string of the molecule is C[C@@H]1CN(CNC(=O)C2CC2)CCN1S(=O)(=O)c1ccc([C@@](C)(O)C(F)(F)F)cc1. The van der Waals surface area contributed by atoms with Crippen molar-refractivity contribution >= 4 is 15.9 Å². The minimum atomic E-state index is -4.88. The first-order valence-corrected chi connectivity index (χ1v) is 11.2. The number of amides is 1. The van der Waals surface area contributed by atoms with Gasteiger partial charge in [0.15, 0.2) is 5.60 Å². The zero-order valence-electron chi connectivity index (χ0n) is 16.8. The topological polar surface area (TPSA) is 90.0 Å². The molecule has 1 saturated heterocycles. The van der Waals surface area contributed by atoms with E-state index in [9.17, 15) is 31.5 Å². The van der Waals surface area contributed by atoms with Gasteiger partial charge >= 0.3 is 6.18 Å². The molecule has 2 atom stereocenters. The molecule has 2 N–H and O–H groups in total. The number of hydrogen-bond acceptors (Lipinski definition) is 5. The zero-order chi connectivity index (χ0) is 22.3. The summed E-state index contributed by atoms with van der Waals surface area (Å²) in [5.74, 6) is 0.123. The molecule has 0 spiro atoms. The fourth-order valence-electron chi connectivity index (χ4n) is 3.45. The second-order valence-corrected chi connectivity index (χ2v) is 10.0. The van der Waals surface area contributed by atoms with E-state index < -0.39 is 27.4 Å². The van der Waals surface area contributed by atoms with Crippen molar-refractivity contribution in [1.82, 2.24) is 14.5 Å². The van der Waals surface area contributed by atoms with Crippen molar-refractivity contribution < 1.29 is 31.5 Å². The highest BCUT2D eigenvalue weighted by molar-refractivity contribution is 7.89. The van der Waals surface area contributed by atoms with Crippen molar-refractivity contribution in [3.05, 3.63) is 29.8 Å². The van der Waals surface area contributed by atoms with Crippen molar-refractivity contribution in [2.75, 3.05) is 26.3 Å². The summed E-state index contributed by atoms with van der Waals surface area (Å²) >= 11 is 0. The van der Waals surface area contributed by atoms with Gasteiger partial charge in [-0.05, 0) is 44.4 Å². The van der Waals surface area contributed by atoms with Crippen LogP contribution >= 0.6 is 0 Å². The summed E-state index contributed by atoms with van der Waals surface area (Å²) in [7, 11) is -3.91. The quantitative estimate of drug-likeness (QED) is 0.689. The highest BCUT2D eigenvalue weighted by Gasteiger charge is 2.51. The van der Waals surface area contributed by atoms with Gasteiger partial charge in [-0.2, -0.15) is 17.5 Å². The Bertz CT molecular complexity index is 883. The molecule has 1 aromatic rings. The van der Waals surface area contributed by atoms with E-state index in [1.54, 1.807) is 6.92 Å². The Labute approximate surface area is 173 Å². The van der Waals surface area contributed by atoms with E-state index in [1.807, 2.05) is 4.90 Å². The minimum Gasteiger partial charge on any atom is -0.376 e. The lowest BCUT2D eigenvalue weighted by Crippen LogP contribution is -2.55. The standard InChI is InChI=1S/C19H26F3N3O4S/c1-13-11-24(12-23-17(26)14-3-4-14)9-10-25(13)30(28,29)16-7-5-15(6-8-16)18(2,27)19(20,21)22/h5-8,13-14,27H,3-4,9-12H2,1-2H3,(H,23,26)/t13-,18-/m1/s1. The number of rotatable bonds is 6. The number of benzene rings is 1. The van der Waals surface area contributed by atoms with Gasteiger partial charge < -0.3 is 10.4 Å². The summed E-state index contributed by atoms with van der Waals surface area (Å²) in [5.41, 5.74) is -3.50. The lowest BCUT2D eigenvalue weighted by molar-refractivity contribution is -0.258. The van der Waals surface area contributed by atoms with Gasteiger partial charge in [-0.3, -0.25) is 9.69 Å². The lowest BCUT2D eigenvalue weighted by atomic mass is 9.96. The van der Waals surface area contributed by atoms with Gasteiger partial charge in [0.25, 0.3) is 0 Å². The molecule has 1 aliphatic carbocycles. The number of carbonyl (C=O) groups excluding carboxylic acids is 1. The summed E-state index contributed by atoms with van der Waals surface area (Å²) in [4.78, 5) is 13.6. The molecule has 0 radical (unpaired) electrons. The second kappa shape index (κ2) is 8.10. The molecule has 1 saturated carbocycles. The molecule has 1 amide bonds. The molecule has 3 rings (SSSR count). The van der Waals surface area contributed by atoms with E-state index in [2.05, 4.69) is 5.32 Å². The van der Waals surface area contributed by atoms with Crippen LogP contribution in [0.2, 0.25) is 0 Å². The van der Waals surface area contributed by atoms with Crippen LogP contribution in [-0.2, 0) is 20.4 Å². The maximum absolute atomic E-state index is 13.0. The minimum absolute atomic E-state index is 0.0209. The third-order valence-electron chi connectivity index (χ3n) is 5.65. The molecular formula is C19H26F3N3O4S. The van der Waals surface area contributed by atoms with E-state index in [4.69, 9.17) is 0 Å². The average molecular weight is 449 g/mol. The molecule has 2 aliphatic rings. The van der Waals surface area contributed by atoms with Crippen molar-refractivity contribution in [3.63, 3.8) is 0 Å². The van der Waals surface area contributed by atoms with Gasteiger partial charge in [0.05, 0.1) is 11.6 Å². The van der Waals surface area contributed by atoms with Gasteiger partial charge in [-0.1, -0.05) is 12.1 Å². The highest BCUT2D eigenvalue weighted by atomic mass is 32.2. The Kier molecular flexibility index (Phi) is 6.21. The van der Waals surface area contributed by atoms with Crippen molar-refractivity contribution in [2.24, 2.45) is 5.92 Å². The summed E-state index contributed by atoms with van der Waals surface area (Å²) in [6, 6.07) is 3.75. The molecule has 30 heavy (non-hydrogen) atoms. The van der Waals surface area contributed by atoms with Crippen LogP contribution in [0.1, 0.15) is 32.3 Å². The zero-order valence-corrected chi connectivity index (χ0v) is 17.6. The number of hydrogen-bond donors (Lipinski definition) is 2. The predicted molar refractivity (Wildman–Crippen MR) is 103 cm³/mol. The number of aliphatic hydroxyl groups is 1. The third-order valence-corrected chi connectivity index (χ3v) is 7.68. The largest absolute Gasteiger partial charge is 0.421 e. The highest BCUT2D eigenvalue weighted by Crippen LogP contribution is 2.38. The summed E-state index contributed by atoms with van der Waals surface area (Å²) in [6.07, 6.45) is -3.07. The average Bonchev–Trinajstić information content (AvgIpc) is 3.50. The first kappa shape index (κ1) is 23.0. The first-order valence-electron chi connectivity index (χ1n) is 9.75. The Morgan fingerprint density at radius 3 is 2.30 bits per heavy atom. The van der Waals surface area contributed by atoms with E-state index in [0.29, 0.717) is 26.7 Å². The van der Waals surface area contributed by atoms with Crippen LogP contribution < -0.4 is 5.32 Å². The molecule has 0 bridgehead atoms. The number of alkyl halides is 3. The van der Waals surface area contributed by atoms with E-state index >= 15 is 0 Å². The van der Waals surface area contributed by atoms with Crippen LogP contribution in [0.5, 0.6) is 0 Å². The smallest absolute Gasteiger partial charge is 0.376 e. The van der Waals surface area contributed by atoms with Crippen LogP contribution in [0, 0.1) is 5.92 Å². The molecule has 0 aromatic heterocycles. The van der Waals surface area contributed by atoms with Gasteiger partial charge in [0.2, 0.25) is 15.9 Å². The molecule has 168 valence electrons. The van der Waals surface area contributed by atoms with Gasteiger partial charge in [0.1, 0.15) is 0 Å². The third kappa shape index (κ3) is 4.63. The van der Waals surface area contributed by atoms with Crippen molar-refractivity contribution in [2.45, 2.75) is 49.4 Å². The Hall–Kier alpha value is -1.69. The number of piperazine rings is 1. The Morgan fingerprint density at radius 1 is 1.20 bits per heavy atom. The van der Waals surface area contributed by atoms with Crippen LogP contribution in [0.25, 0.3) is 0 Å². The molecule has 1 aromatic carbocycles. The number of carbonyl (C=O) groups is 1. The molecule has 1 heterocycles. The van der Waals surface area contributed by atoms with Crippen LogP contribution in [0.15, 0.2) is 29.2 Å². The molecule has 1 aliphatic heterocycles. The fraction of sp³-hybridized carbons (Fsp3) is 0.632. The predicted octanol–water partition coefficient (Wildman–Crippen LogP) is 1.63. The van der Waals surface area contributed by atoms with Gasteiger partial charge in [-0.25, -0.2) is 8.42 Å². The number of nitrogens with zero attached hydrogens (tertiary/aromatic N) is 2. The van der Waals surface area contributed by atoms with Crippen molar-refractivity contribution in [3.8, 4) is 0 Å². The summed E-state index contributed by atoms with van der Waals surface area (Å²) in [6.45, 7) is 3.77. The fourth-order valence-corrected chi connectivity index (χ4v) is 5.06. The molecule has 7 nitrogen and oxygen atoms in total. The molecule has 11 heteroatoms. The molecular weight excluding hydrogens is 423 g/mol. The molecule has 2 fully saturated rings. The summed E-state index contributed by atoms with van der Waals surface area (Å²) < 4.78 is 66.2. The van der Waals surface area contributed by atoms with Crippen LogP contribution in [-0.4, -0.2) is 67.2 Å². The molecule has 0 unspecified atom stereocenters. The Morgan fingerprint density at radius 2 is 1.80 bits per heavy atom. The van der Waals surface area contributed by atoms with Crippen molar-refractivity contribution in [1.29, 1.82) is 0 Å². The van der Waals surface area contributed by atoms with E-state index in [0.717, 1.165) is 37.1 Å². The number of sulfonamides is 1. The first-order chi connectivity index (χ1) is 13.8. The monoisotopic (exact) mass is 449 g/mol. The maximum atomic E-state index is 13.0. The van der Waals surface area contributed by atoms with Gasteiger partial charge in [-0.15, -0.1) is 0 Å².